The van der Waals surface area contributed by atoms with Gasteiger partial charge in [-0.15, -0.1) is 13.2 Å². The maximum Gasteiger partial charge on any atom is 0.573 e. The van der Waals surface area contributed by atoms with Crippen molar-refractivity contribution in [3.63, 3.8) is 0 Å². The zero-order valence-corrected chi connectivity index (χ0v) is 18.9. The molecular formula is C25H27F3N2O5. The average Bonchev–Trinajstić information content (AvgIpc) is 3.64. The second kappa shape index (κ2) is 12.3. The zero-order valence-electron chi connectivity index (χ0n) is 18.9. The van der Waals surface area contributed by atoms with Crippen molar-refractivity contribution in [2.75, 3.05) is 19.8 Å². The Balaban J connectivity index is 1.77. The molecule has 2 aromatic rings. The molecule has 0 saturated heterocycles. The van der Waals surface area contributed by atoms with Crippen LogP contribution in [0.5, 0.6) is 11.5 Å². The van der Waals surface area contributed by atoms with Crippen molar-refractivity contribution in [1.29, 1.82) is 0 Å². The van der Waals surface area contributed by atoms with Crippen LogP contribution in [-0.2, 0) is 4.79 Å². The molecule has 1 fully saturated rings. The second-order valence-corrected chi connectivity index (χ2v) is 8.04. The molecule has 0 heterocycles. The van der Waals surface area contributed by atoms with E-state index >= 15 is 0 Å². The summed E-state index contributed by atoms with van der Waals surface area (Å²) < 4.78 is 46.8. The molecule has 10 heteroatoms. The summed E-state index contributed by atoms with van der Waals surface area (Å²) in [7, 11) is 0. The van der Waals surface area contributed by atoms with E-state index in [-0.39, 0.29) is 24.4 Å². The monoisotopic (exact) mass is 492 g/mol. The first kappa shape index (κ1) is 26.1. The summed E-state index contributed by atoms with van der Waals surface area (Å²) in [5.74, 6) is -0.549. The summed E-state index contributed by atoms with van der Waals surface area (Å²) in [6.45, 7) is 0.519. The van der Waals surface area contributed by atoms with Crippen LogP contribution < -0.4 is 20.1 Å². The van der Waals surface area contributed by atoms with Crippen LogP contribution in [0.25, 0.3) is 6.08 Å². The van der Waals surface area contributed by atoms with Gasteiger partial charge in [0.05, 0.1) is 12.2 Å². The van der Waals surface area contributed by atoms with Gasteiger partial charge in [-0.25, -0.2) is 0 Å². The Bertz CT molecular complexity index is 1030. The summed E-state index contributed by atoms with van der Waals surface area (Å²) >= 11 is 0. The van der Waals surface area contributed by atoms with Gasteiger partial charge in [-0.2, -0.15) is 0 Å². The number of carbonyl (C=O) groups excluding carboxylic acids is 2. The van der Waals surface area contributed by atoms with Gasteiger partial charge in [0.25, 0.3) is 11.8 Å². The number of aliphatic hydroxyl groups is 1. The summed E-state index contributed by atoms with van der Waals surface area (Å²) in [5.41, 5.74) is 0.484. The molecular weight excluding hydrogens is 465 g/mol. The van der Waals surface area contributed by atoms with Crippen LogP contribution in [0.3, 0.4) is 0 Å². The molecule has 2 aromatic carbocycles. The number of benzene rings is 2. The van der Waals surface area contributed by atoms with Gasteiger partial charge in [0.1, 0.15) is 17.2 Å². The third-order valence-corrected chi connectivity index (χ3v) is 5.15. The topological polar surface area (TPSA) is 96.9 Å². The normalized spacial score (nSPS) is 13.8. The SMILES string of the molecule is O=C(NCCCO)C(=Cc1ccc(OC(F)(F)F)cc1)NC(=O)c1ccccc1OCCC1CC1. The van der Waals surface area contributed by atoms with Crippen LogP contribution >= 0.6 is 0 Å². The quantitative estimate of drug-likeness (QED) is 0.307. The Morgan fingerprint density at radius 2 is 1.80 bits per heavy atom. The van der Waals surface area contributed by atoms with Gasteiger partial charge in [0, 0.05) is 13.2 Å². The van der Waals surface area contributed by atoms with E-state index in [4.69, 9.17) is 9.84 Å². The number of aliphatic hydroxyl groups excluding tert-OH is 1. The molecule has 35 heavy (non-hydrogen) atoms. The number of hydrogen-bond donors (Lipinski definition) is 3. The fraction of sp³-hybridized carbons (Fsp3) is 0.360. The molecule has 0 radical (unpaired) electrons. The molecule has 188 valence electrons. The minimum absolute atomic E-state index is 0.120. The van der Waals surface area contributed by atoms with E-state index in [2.05, 4.69) is 15.4 Å². The first-order valence-electron chi connectivity index (χ1n) is 11.2. The number of nitrogens with one attached hydrogen (secondary N) is 2. The molecule has 0 spiro atoms. The summed E-state index contributed by atoms with van der Waals surface area (Å²) in [6, 6.07) is 11.5. The smallest absolute Gasteiger partial charge is 0.493 e. The van der Waals surface area contributed by atoms with Gasteiger partial charge >= 0.3 is 6.36 Å². The maximum absolute atomic E-state index is 13.0. The van der Waals surface area contributed by atoms with Crippen molar-refractivity contribution in [2.24, 2.45) is 5.92 Å². The van der Waals surface area contributed by atoms with Gasteiger partial charge < -0.3 is 25.2 Å². The Kier molecular flexibility index (Phi) is 9.13. The molecule has 1 aliphatic carbocycles. The number of para-hydroxylation sites is 1. The van der Waals surface area contributed by atoms with E-state index in [1.807, 2.05) is 0 Å². The Labute approximate surface area is 200 Å². The van der Waals surface area contributed by atoms with E-state index < -0.39 is 23.9 Å². The van der Waals surface area contributed by atoms with E-state index in [1.165, 1.54) is 31.1 Å². The summed E-state index contributed by atoms with van der Waals surface area (Å²) in [4.78, 5) is 25.7. The molecule has 0 atom stereocenters. The minimum atomic E-state index is -4.82. The van der Waals surface area contributed by atoms with Gasteiger partial charge in [0.2, 0.25) is 0 Å². The van der Waals surface area contributed by atoms with Crippen molar-refractivity contribution in [3.05, 3.63) is 65.4 Å². The first-order valence-corrected chi connectivity index (χ1v) is 11.2. The van der Waals surface area contributed by atoms with Crippen LogP contribution in [0.2, 0.25) is 0 Å². The van der Waals surface area contributed by atoms with Crippen LogP contribution in [0, 0.1) is 5.92 Å². The van der Waals surface area contributed by atoms with E-state index in [0.717, 1.165) is 18.6 Å². The lowest BCUT2D eigenvalue weighted by Gasteiger charge is -2.14. The van der Waals surface area contributed by atoms with Crippen molar-refractivity contribution in [2.45, 2.75) is 32.0 Å². The van der Waals surface area contributed by atoms with Crippen LogP contribution in [-0.4, -0.2) is 43.0 Å². The molecule has 3 rings (SSSR count). The van der Waals surface area contributed by atoms with Crippen LogP contribution in [0.4, 0.5) is 13.2 Å². The zero-order chi connectivity index (χ0) is 25.3. The maximum atomic E-state index is 13.0. The molecule has 0 unspecified atom stereocenters. The van der Waals surface area contributed by atoms with Crippen LogP contribution in [0.15, 0.2) is 54.2 Å². The molecule has 2 amide bonds. The third-order valence-electron chi connectivity index (χ3n) is 5.15. The van der Waals surface area contributed by atoms with E-state index in [0.29, 0.717) is 30.3 Å². The Morgan fingerprint density at radius 3 is 2.46 bits per heavy atom. The number of alkyl halides is 3. The lowest BCUT2D eigenvalue weighted by atomic mass is 10.1. The lowest BCUT2D eigenvalue weighted by Crippen LogP contribution is -2.35. The minimum Gasteiger partial charge on any atom is -0.493 e. The molecule has 1 saturated carbocycles. The van der Waals surface area contributed by atoms with Crippen LogP contribution in [0.1, 0.15) is 41.6 Å². The molecule has 0 bridgehead atoms. The highest BCUT2D eigenvalue weighted by atomic mass is 19.4. The standard InChI is InChI=1S/C25H27F3N2O5/c26-25(27,28)35-19-10-8-18(9-11-19)16-21(24(33)29-13-3-14-31)30-23(32)20-4-1-2-5-22(20)34-15-12-17-6-7-17/h1-2,4-5,8-11,16-17,31H,3,6-7,12-15H2,(H,29,33)(H,30,32). The summed E-state index contributed by atoms with van der Waals surface area (Å²) in [6.07, 6.45) is 0.108. The van der Waals surface area contributed by atoms with E-state index in [1.54, 1.807) is 24.3 Å². The van der Waals surface area contributed by atoms with Crippen molar-refractivity contribution < 1.29 is 37.3 Å². The molecule has 7 nitrogen and oxygen atoms in total. The Hall–Kier alpha value is -3.53. The van der Waals surface area contributed by atoms with Crippen molar-refractivity contribution in [3.8, 4) is 11.5 Å². The highest BCUT2D eigenvalue weighted by Gasteiger charge is 2.31. The second-order valence-electron chi connectivity index (χ2n) is 8.04. The fourth-order valence-electron chi connectivity index (χ4n) is 3.18. The third kappa shape index (κ3) is 8.97. The highest BCUT2D eigenvalue weighted by molar-refractivity contribution is 6.06. The molecule has 1 aliphatic rings. The number of hydrogen-bond acceptors (Lipinski definition) is 5. The first-order chi connectivity index (χ1) is 16.7. The number of halogens is 3. The number of carbonyl (C=O) groups is 2. The predicted octanol–water partition coefficient (Wildman–Crippen LogP) is 4.03. The average molecular weight is 492 g/mol. The fourth-order valence-corrected chi connectivity index (χ4v) is 3.18. The molecule has 3 N–H and O–H groups in total. The summed E-state index contributed by atoms with van der Waals surface area (Å²) in [5, 5.41) is 14.1. The van der Waals surface area contributed by atoms with Crippen molar-refractivity contribution in [1.82, 2.24) is 10.6 Å². The largest absolute Gasteiger partial charge is 0.573 e. The van der Waals surface area contributed by atoms with Gasteiger partial charge in [-0.3, -0.25) is 9.59 Å². The lowest BCUT2D eigenvalue weighted by molar-refractivity contribution is -0.274. The number of rotatable bonds is 12. The predicted molar refractivity (Wildman–Crippen MR) is 123 cm³/mol. The van der Waals surface area contributed by atoms with Crippen molar-refractivity contribution >= 4 is 17.9 Å². The number of amides is 2. The van der Waals surface area contributed by atoms with Gasteiger partial charge in [-0.05, 0) is 54.7 Å². The van der Waals surface area contributed by atoms with Gasteiger partial charge in [-0.1, -0.05) is 37.1 Å². The van der Waals surface area contributed by atoms with E-state index in [9.17, 15) is 22.8 Å². The number of ether oxygens (including phenoxy) is 2. The highest BCUT2D eigenvalue weighted by Crippen LogP contribution is 2.32. The Morgan fingerprint density at radius 1 is 1.09 bits per heavy atom. The molecule has 0 aliphatic heterocycles. The van der Waals surface area contributed by atoms with Gasteiger partial charge in [0.15, 0.2) is 0 Å². The molecule has 0 aromatic heterocycles.